The Balaban J connectivity index is 4.22. The van der Waals surface area contributed by atoms with Crippen molar-refractivity contribution < 1.29 is 37.6 Å². The van der Waals surface area contributed by atoms with E-state index in [1.54, 1.807) is 0 Å². The van der Waals surface area contributed by atoms with Gasteiger partial charge in [-0.3, -0.25) is 18.6 Å². The van der Waals surface area contributed by atoms with E-state index in [9.17, 15) is 19.0 Å². The van der Waals surface area contributed by atoms with Crippen molar-refractivity contribution in [2.45, 2.75) is 187 Å². The van der Waals surface area contributed by atoms with E-state index in [2.05, 4.69) is 86.8 Å². The molecule has 9 nitrogen and oxygen atoms in total. The van der Waals surface area contributed by atoms with E-state index >= 15 is 0 Å². The third-order valence-corrected chi connectivity index (χ3v) is 10.1. The molecule has 0 aliphatic rings. The summed E-state index contributed by atoms with van der Waals surface area (Å²) < 4.78 is 32.8. The minimum Gasteiger partial charge on any atom is -0.462 e. The van der Waals surface area contributed by atoms with Gasteiger partial charge in [0.15, 0.2) is 6.10 Å². The van der Waals surface area contributed by atoms with Gasteiger partial charge in [-0.1, -0.05) is 157 Å². The van der Waals surface area contributed by atoms with Crippen LogP contribution >= 0.6 is 7.82 Å². The first kappa shape index (κ1) is 54.5. The van der Waals surface area contributed by atoms with E-state index in [-0.39, 0.29) is 32.6 Å². The first-order valence-corrected chi connectivity index (χ1v) is 23.9. The highest BCUT2D eigenvalue weighted by Crippen LogP contribution is 2.43. The molecular formula is C47H82NO8P. The van der Waals surface area contributed by atoms with Crippen LogP contribution in [0.5, 0.6) is 0 Å². The molecular weight excluding hydrogens is 737 g/mol. The Hall–Kier alpha value is -2.55. The number of allylic oxidation sites excluding steroid dienone is 12. The van der Waals surface area contributed by atoms with E-state index in [0.717, 1.165) is 83.5 Å². The molecule has 0 aromatic rings. The minimum absolute atomic E-state index is 0.0437. The zero-order valence-electron chi connectivity index (χ0n) is 36.0. The lowest BCUT2D eigenvalue weighted by molar-refractivity contribution is -0.161. The summed E-state index contributed by atoms with van der Waals surface area (Å²) >= 11 is 0. The third-order valence-electron chi connectivity index (χ3n) is 9.08. The Morgan fingerprint density at radius 2 is 0.965 bits per heavy atom. The van der Waals surface area contributed by atoms with Crippen LogP contribution in [-0.2, 0) is 32.7 Å². The Labute approximate surface area is 348 Å². The van der Waals surface area contributed by atoms with Crippen LogP contribution in [0.25, 0.3) is 0 Å². The number of phosphoric ester groups is 1. The number of carbonyl (C=O) groups is 2. The molecule has 3 N–H and O–H groups in total. The van der Waals surface area contributed by atoms with Gasteiger partial charge in [-0.15, -0.1) is 0 Å². The van der Waals surface area contributed by atoms with Crippen LogP contribution in [0.2, 0.25) is 0 Å². The number of unbranched alkanes of at least 4 members (excludes halogenated alkanes) is 16. The molecule has 1 unspecified atom stereocenters. The number of esters is 2. The molecule has 2 atom stereocenters. The van der Waals surface area contributed by atoms with E-state index in [1.165, 1.54) is 64.2 Å². The lowest BCUT2D eigenvalue weighted by Crippen LogP contribution is -2.29. The molecule has 0 radical (unpaired) electrons. The first-order valence-electron chi connectivity index (χ1n) is 22.4. The Morgan fingerprint density at radius 3 is 1.47 bits per heavy atom. The maximum atomic E-state index is 12.6. The van der Waals surface area contributed by atoms with Gasteiger partial charge in [0.1, 0.15) is 6.61 Å². The monoisotopic (exact) mass is 820 g/mol. The molecule has 10 heteroatoms. The summed E-state index contributed by atoms with van der Waals surface area (Å²) in [5, 5.41) is 0. The summed E-state index contributed by atoms with van der Waals surface area (Å²) in [5.41, 5.74) is 5.35. The molecule has 0 aromatic carbocycles. The van der Waals surface area contributed by atoms with Crippen LogP contribution in [0.1, 0.15) is 181 Å². The maximum absolute atomic E-state index is 12.6. The average Bonchev–Trinajstić information content (AvgIpc) is 3.20. The van der Waals surface area contributed by atoms with E-state index in [4.69, 9.17) is 24.3 Å². The molecule has 0 bridgehead atoms. The van der Waals surface area contributed by atoms with Gasteiger partial charge in [-0.05, 0) is 83.5 Å². The van der Waals surface area contributed by atoms with Crippen molar-refractivity contribution in [3.8, 4) is 0 Å². The molecule has 0 heterocycles. The molecule has 328 valence electrons. The second-order valence-electron chi connectivity index (χ2n) is 14.5. The highest BCUT2D eigenvalue weighted by Gasteiger charge is 2.26. The van der Waals surface area contributed by atoms with Crippen molar-refractivity contribution in [1.29, 1.82) is 0 Å². The normalized spacial score (nSPS) is 14.0. The van der Waals surface area contributed by atoms with Crippen LogP contribution in [-0.4, -0.2) is 49.3 Å². The van der Waals surface area contributed by atoms with Crippen LogP contribution in [0.15, 0.2) is 72.9 Å². The Kier molecular flexibility index (Phi) is 41.1. The van der Waals surface area contributed by atoms with Crippen LogP contribution < -0.4 is 5.73 Å². The zero-order chi connectivity index (χ0) is 41.8. The summed E-state index contributed by atoms with van der Waals surface area (Å²) in [6, 6.07) is 0. The van der Waals surface area contributed by atoms with Gasteiger partial charge in [0.05, 0.1) is 13.2 Å². The second kappa shape index (κ2) is 43.0. The van der Waals surface area contributed by atoms with E-state index in [0.29, 0.717) is 6.42 Å². The molecule has 57 heavy (non-hydrogen) atoms. The average molecular weight is 820 g/mol. The van der Waals surface area contributed by atoms with Crippen molar-refractivity contribution in [2.75, 3.05) is 26.4 Å². The van der Waals surface area contributed by atoms with Crippen LogP contribution in [0.4, 0.5) is 0 Å². The smallest absolute Gasteiger partial charge is 0.462 e. The van der Waals surface area contributed by atoms with Gasteiger partial charge >= 0.3 is 19.8 Å². The van der Waals surface area contributed by atoms with Crippen molar-refractivity contribution in [3.05, 3.63) is 72.9 Å². The molecule has 0 saturated heterocycles. The Morgan fingerprint density at radius 1 is 0.544 bits per heavy atom. The predicted molar refractivity (Wildman–Crippen MR) is 238 cm³/mol. The Bertz CT molecular complexity index is 1160. The van der Waals surface area contributed by atoms with Crippen LogP contribution in [0.3, 0.4) is 0 Å². The van der Waals surface area contributed by atoms with E-state index < -0.39 is 32.5 Å². The van der Waals surface area contributed by atoms with Gasteiger partial charge in [0.25, 0.3) is 0 Å². The van der Waals surface area contributed by atoms with Gasteiger partial charge < -0.3 is 20.1 Å². The van der Waals surface area contributed by atoms with Gasteiger partial charge in [0.2, 0.25) is 0 Å². The van der Waals surface area contributed by atoms with Crippen molar-refractivity contribution in [3.63, 3.8) is 0 Å². The first-order chi connectivity index (χ1) is 27.8. The topological polar surface area (TPSA) is 134 Å². The summed E-state index contributed by atoms with van der Waals surface area (Å²) in [6.45, 7) is 3.56. The molecule has 0 rings (SSSR count). The van der Waals surface area contributed by atoms with Gasteiger partial charge in [-0.2, -0.15) is 0 Å². The lowest BCUT2D eigenvalue weighted by Gasteiger charge is -2.19. The fourth-order valence-electron chi connectivity index (χ4n) is 5.77. The minimum atomic E-state index is -4.39. The summed E-state index contributed by atoms with van der Waals surface area (Å²) in [4.78, 5) is 34.9. The molecule has 0 aliphatic carbocycles. The lowest BCUT2D eigenvalue weighted by atomic mass is 10.1. The third kappa shape index (κ3) is 42.9. The number of carbonyl (C=O) groups excluding carboxylic acids is 2. The maximum Gasteiger partial charge on any atom is 0.472 e. The zero-order valence-corrected chi connectivity index (χ0v) is 36.9. The highest BCUT2D eigenvalue weighted by atomic mass is 31.2. The predicted octanol–water partition coefficient (Wildman–Crippen LogP) is 13.1. The van der Waals surface area contributed by atoms with E-state index in [1.807, 2.05) is 0 Å². The SMILES string of the molecule is CC/C=C\C/C=C\C/C=C\C/C=C\C/C=C\CCCCCC(=O)O[C@H](COC(=O)CCCCCCCCC/C=C\CCCCCCCC)COP(=O)(O)OCCN. The fraction of sp³-hybridized carbons (Fsp3) is 0.702. The summed E-state index contributed by atoms with van der Waals surface area (Å²) in [6.07, 6.45) is 52.1. The van der Waals surface area contributed by atoms with Crippen molar-refractivity contribution in [1.82, 2.24) is 0 Å². The number of phosphoric acid groups is 1. The largest absolute Gasteiger partial charge is 0.472 e. The molecule has 0 saturated carbocycles. The molecule has 0 spiro atoms. The standard InChI is InChI=1S/C47H82NO8P/c1-3-5-7-9-11-13-15-17-19-21-22-24-26-28-30-32-34-36-38-40-47(50)56-45(44-55-57(51,52)54-42-41-48)43-53-46(49)39-37-35-33-31-29-27-25-23-20-18-16-14-12-10-8-6-4-2/h5,7,11,13,17-20,22,24,28,30,45H,3-4,6,8-10,12,14-16,21,23,25-27,29,31-44,48H2,1-2H3,(H,51,52)/b7-5-,13-11-,19-17-,20-18-,24-22-,30-28-/t45-/m1/s1. The molecule has 0 amide bonds. The van der Waals surface area contributed by atoms with Crippen molar-refractivity contribution in [2.24, 2.45) is 5.73 Å². The molecule has 0 aromatic heterocycles. The number of hydrogen-bond donors (Lipinski definition) is 2. The number of hydrogen-bond acceptors (Lipinski definition) is 8. The summed E-state index contributed by atoms with van der Waals surface area (Å²) in [5.74, 6) is -0.875. The quantitative estimate of drug-likeness (QED) is 0.0267. The number of rotatable bonds is 41. The van der Waals surface area contributed by atoms with Crippen LogP contribution in [0, 0.1) is 0 Å². The van der Waals surface area contributed by atoms with Crippen molar-refractivity contribution >= 4 is 19.8 Å². The second-order valence-corrected chi connectivity index (χ2v) is 16.0. The summed E-state index contributed by atoms with van der Waals surface area (Å²) in [7, 11) is -4.39. The van der Waals surface area contributed by atoms with Gasteiger partial charge in [0, 0.05) is 19.4 Å². The highest BCUT2D eigenvalue weighted by molar-refractivity contribution is 7.47. The number of nitrogens with two attached hydrogens (primary N) is 1. The fourth-order valence-corrected chi connectivity index (χ4v) is 6.54. The number of ether oxygens (including phenoxy) is 2. The molecule has 0 aliphatic heterocycles. The molecule has 0 fully saturated rings. The van der Waals surface area contributed by atoms with Gasteiger partial charge in [-0.25, -0.2) is 4.57 Å².